The number of anilines is 2. The number of aromatic nitrogens is 2. The van der Waals surface area contributed by atoms with E-state index in [4.69, 9.17) is 17.3 Å². The molecule has 0 saturated heterocycles. The number of hydrogen-bond acceptors (Lipinski definition) is 4. The van der Waals surface area contributed by atoms with Crippen LogP contribution in [-0.4, -0.2) is 29.7 Å². The highest BCUT2D eigenvalue weighted by atomic mass is 35.5. The number of rotatable bonds is 2. The Hall–Kier alpha value is -1.24. The summed E-state index contributed by atoms with van der Waals surface area (Å²) in [7, 11) is 1.22. The lowest BCUT2D eigenvalue weighted by Gasteiger charge is -2.20. The maximum Gasteiger partial charge on any atom is 0.405 e. The summed E-state index contributed by atoms with van der Waals surface area (Å²) in [5.41, 5.74) is 5.37. The van der Waals surface area contributed by atoms with Crippen LogP contribution < -0.4 is 10.6 Å². The number of alkyl halides is 3. The number of hydrogen-bond donors (Lipinski definition) is 1. The monoisotopic (exact) mass is 240 g/mol. The molecule has 1 heterocycles. The highest BCUT2D eigenvalue weighted by Gasteiger charge is 2.30. The summed E-state index contributed by atoms with van der Waals surface area (Å²) in [6.07, 6.45) is -3.26. The number of halogens is 4. The fraction of sp³-hybridized carbons (Fsp3) is 0.429. The molecule has 0 spiro atoms. The SMILES string of the molecule is CN(CC(F)(F)F)c1ncnc(Cl)c1N. The van der Waals surface area contributed by atoms with E-state index in [1.165, 1.54) is 7.05 Å². The van der Waals surface area contributed by atoms with Crippen LogP contribution in [0.25, 0.3) is 0 Å². The van der Waals surface area contributed by atoms with Gasteiger partial charge in [-0.05, 0) is 0 Å². The van der Waals surface area contributed by atoms with Gasteiger partial charge in [0.25, 0.3) is 0 Å². The number of nitrogens with zero attached hydrogens (tertiary/aromatic N) is 3. The van der Waals surface area contributed by atoms with E-state index in [0.717, 1.165) is 11.2 Å². The van der Waals surface area contributed by atoms with E-state index in [2.05, 4.69) is 9.97 Å². The minimum absolute atomic E-state index is 0.0349. The molecule has 1 aromatic heterocycles. The Balaban J connectivity index is 2.92. The fourth-order valence-electron chi connectivity index (χ4n) is 1.01. The Morgan fingerprint density at radius 1 is 1.47 bits per heavy atom. The van der Waals surface area contributed by atoms with E-state index in [-0.39, 0.29) is 16.7 Å². The van der Waals surface area contributed by atoms with Gasteiger partial charge in [-0.1, -0.05) is 11.6 Å². The van der Waals surface area contributed by atoms with Crippen LogP contribution in [0.4, 0.5) is 24.7 Å². The Morgan fingerprint density at radius 3 is 2.60 bits per heavy atom. The van der Waals surface area contributed by atoms with Gasteiger partial charge in [0.1, 0.15) is 18.6 Å². The molecule has 0 atom stereocenters. The number of nitrogen functional groups attached to an aromatic ring is 1. The molecule has 2 N–H and O–H groups in total. The van der Waals surface area contributed by atoms with Gasteiger partial charge >= 0.3 is 6.18 Å². The summed E-state index contributed by atoms with van der Waals surface area (Å²) in [5.74, 6) is -0.0349. The Kier molecular flexibility index (Phi) is 3.23. The number of nitrogens with two attached hydrogens (primary N) is 1. The van der Waals surface area contributed by atoms with E-state index in [1.807, 2.05) is 0 Å². The minimum atomic E-state index is -4.32. The smallest absolute Gasteiger partial charge is 0.393 e. The van der Waals surface area contributed by atoms with Crippen molar-refractivity contribution in [3.05, 3.63) is 11.5 Å². The largest absolute Gasteiger partial charge is 0.405 e. The van der Waals surface area contributed by atoms with Crippen molar-refractivity contribution in [2.24, 2.45) is 0 Å². The lowest BCUT2D eigenvalue weighted by atomic mass is 10.4. The Bertz CT molecular complexity index is 355. The maximum absolute atomic E-state index is 12.1. The van der Waals surface area contributed by atoms with Crippen LogP contribution in [-0.2, 0) is 0 Å². The van der Waals surface area contributed by atoms with E-state index in [0.29, 0.717) is 0 Å². The van der Waals surface area contributed by atoms with Gasteiger partial charge in [-0.15, -0.1) is 0 Å². The molecule has 0 amide bonds. The lowest BCUT2D eigenvalue weighted by molar-refractivity contribution is -0.119. The van der Waals surface area contributed by atoms with Crippen molar-refractivity contribution < 1.29 is 13.2 Å². The van der Waals surface area contributed by atoms with Gasteiger partial charge in [0.2, 0.25) is 0 Å². The second-order valence-electron chi connectivity index (χ2n) is 2.87. The zero-order valence-corrected chi connectivity index (χ0v) is 8.47. The van der Waals surface area contributed by atoms with Gasteiger partial charge in [0.05, 0.1) is 0 Å². The molecule has 4 nitrogen and oxygen atoms in total. The first kappa shape index (κ1) is 11.8. The summed E-state index contributed by atoms with van der Waals surface area (Å²) >= 11 is 5.55. The molecule has 15 heavy (non-hydrogen) atoms. The third kappa shape index (κ3) is 3.12. The fourth-order valence-corrected chi connectivity index (χ4v) is 1.14. The zero-order valence-electron chi connectivity index (χ0n) is 7.72. The van der Waals surface area contributed by atoms with Gasteiger partial charge in [-0.2, -0.15) is 13.2 Å². The first-order valence-electron chi connectivity index (χ1n) is 3.85. The van der Waals surface area contributed by atoms with Gasteiger partial charge < -0.3 is 10.6 Å². The van der Waals surface area contributed by atoms with E-state index < -0.39 is 12.7 Å². The van der Waals surface area contributed by atoms with Crippen molar-refractivity contribution >= 4 is 23.1 Å². The molecular weight excluding hydrogens is 233 g/mol. The normalized spacial score (nSPS) is 11.5. The van der Waals surface area contributed by atoms with Crippen LogP contribution in [0.2, 0.25) is 5.15 Å². The average molecular weight is 241 g/mol. The summed E-state index contributed by atoms with van der Waals surface area (Å²) in [5, 5.41) is -0.0611. The van der Waals surface area contributed by atoms with Crippen molar-refractivity contribution in [2.45, 2.75) is 6.18 Å². The van der Waals surface area contributed by atoms with E-state index >= 15 is 0 Å². The van der Waals surface area contributed by atoms with Crippen molar-refractivity contribution in [1.29, 1.82) is 0 Å². The highest BCUT2D eigenvalue weighted by Crippen LogP contribution is 2.27. The van der Waals surface area contributed by atoms with Crippen molar-refractivity contribution in [3.8, 4) is 0 Å². The highest BCUT2D eigenvalue weighted by molar-refractivity contribution is 6.32. The average Bonchev–Trinajstić information content (AvgIpc) is 2.06. The van der Waals surface area contributed by atoms with Crippen LogP contribution in [0.3, 0.4) is 0 Å². The quantitative estimate of drug-likeness (QED) is 0.800. The second kappa shape index (κ2) is 4.09. The predicted octanol–water partition coefficient (Wildman–Crippen LogP) is 1.71. The van der Waals surface area contributed by atoms with Crippen molar-refractivity contribution in [1.82, 2.24) is 9.97 Å². The summed E-state index contributed by atoms with van der Waals surface area (Å²) in [6.45, 7) is -1.15. The first-order chi connectivity index (χ1) is 6.81. The van der Waals surface area contributed by atoms with Crippen LogP contribution in [0.5, 0.6) is 0 Å². The molecule has 0 aliphatic heterocycles. The van der Waals surface area contributed by atoms with Crippen molar-refractivity contribution in [2.75, 3.05) is 24.2 Å². The standard InChI is InChI=1S/C7H8ClF3N4/c1-15(2-7(9,10)11)6-4(12)5(8)13-3-14-6/h3H,2,12H2,1H3. The molecule has 0 unspecified atom stereocenters. The van der Waals surface area contributed by atoms with Gasteiger partial charge in [-0.25, -0.2) is 9.97 Å². The van der Waals surface area contributed by atoms with Crippen LogP contribution in [0, 0.1) is 0 Å². The van der Waals surface area contributed by atoms with Gasteiger partial charge in [0.15, 0.2) is 11.0 Å². The molecular formula is C7H8ClF3N4. The zero-order chi connectivity index (χ0) is 11.6. The molecule has 0 aliphatic carbocycles. The molecule has 1 aromatic rings. The second-order valence-corrected chi connectivity index (χ2v) is 3.23. The van der Waals surface area contributed by atoms with Gasteiger partial charge in [-0.3, -0.25) is 0 Å². The molecule has 1 rings (SSSR count). The Morgan fingerprint density at radius 2 is 2.07 bits per heavy atom. The van der Waals surface area contributed by atoms with Crippen LogP contribution in [0.1, 0.15) is 0 Å². The Labute approximate surface area is 88.9 Å². The van der Waals surface area contributed by atoms with E-state index in [9.17, 15) is 13.2 Å². The van der Waals surface area contributed by atoms with Crippen LogP contribution in [0.15, 0.2) is 6.33 Å². The first-order valence-corrected chi connectivity index (χ1v) is 4.23. The predicted molar refractivity (Wildman–Crippen MR) is 50.8 cm³/mol. The van der Waals surface area contributed by atoms with Crippen LogP contribution >= 0.6 is 11.6 Å². The third-order valence-corrected chi connectivity index (χ3v) is 1.89. The van der Waals surface area contributed by atoms with E-state index in [1.54, 1.807) is 0 Å². The molecule has 0 aliphatic rings. The molecule has 0 saturated carbocycles. The summed E-state index contributed by atoms with van der Waals surface area (Å²) < 4.78 is 36.2. The maximum atomic E-state index is 12.1. The lowest BCUT2D eigenvalue weighted by Crippen LogP contribution is -2.32. The molecule has 0 radical (unpaired) electrons. The van der Waals surface area contributed by atoms with Crippen molar-refractivity contribution in [3.63, 3.8) is 0 Å². The van der Waals surface area contributed by atoms with Gasteiger partial charge in [0, 0.05) is 7.05 Å². The summed E-state index contributed by atoms with van der Waals surface area (Å²) in [6, 6.07) is 0. The molecule has 84 valence electrons. The molecule has 0 aromatic carbocycles. The summed E-state index contributed by atoms with van der Waals surface area (Å²) in [4.78, 5) is 8.03. The third-order valence-electron chi connectivity index (χ3n) is 1.59. The molecule has 0 fully saturated rings. The topological polar surface area (TPSA) is 55.0 Å². The molecule has 0 bridgehead atoms. The minimum Gasteiger partial charge on any atom is -0.393 e. The molecule has 8 heteroatoms.